The van der Waals surface area contributed by atoms with Gasteiger partial charge in [-0.25, -0.2) is 4.79 Å². The van der Waals surface area contributed by atoms with Crippen molar-refractivity contribution in [3.05, 3.63) is 28.8 Å². The topological polar surface area (TPSA) is 72.5 Å². The highest BCUT2D eigenvalue weighted by Gasteiger charge is 2.47. The first-order chi connectivity index (χ1) is 8.71. The second-order valence-electron chi connectivity index (χ2n) is 4.32. The number of carbonyl (C=O) groups excluding carboxylic acids is 1. The molecule has 0 spiro atoms. The first kappa shape index (κ1) is 18.6. The first-order valence-corrected chi connectivity index (χ1v) is 5.82. The predicted octanol–water partition coefficient (Wildman–Crippen LogP) is 2.63. The van der Waals surface area contributed by atoms with Crippen LogP contribution in [-0.4, -0.2) is 23.6 Å². The quantitative estimate of drug-likeness (QED) is 0.839. The lowest BCUT2D eigenvalue weighted by Crippen LogP contribution is -2.41. The molecule has 0 heterocycles. The number of alkyl halides is 2. The van der Waals surface area contributed by atoms with E-state index in [4.69, 9.17) is 5.73 Å². The van der Waals surface area contributed by atoms with Crippen LogP contribution in [-0.2, 0) is 9.53 Å². The van der Waals surface area contributed by atoms with E-state index in [-0.39, 0.29) is 30.3 Å². The Kier molecular flexibility index (Phi) is 6.37. The molecule has 114 valence electrons. The van der Waals surface area contributed by atoms with Crippen LogP contribution in [0.2, 0.25) is 0 Å². The Labute approximate surface area is 122 Å². The number of carbonyl (C=O) groups is 1. The lowest BCUT2D eigenvalue weighted by atomic mass is 9.97. The van der Waals surface area contributed by atoms with Crippen LogP contribution >= 0.6 is 12.4 Å². The number of hydrogen-bond donors (Lipinski definition) is 2. The summed E-state index contributed by atoms with van der Waals surface area (Å²) in [5.41, 5.74) is 6.38. The fraction of sp³-hybridized carbons (Fsp3) is 0.462. The second kappa shape index (κ2) is 6.85. The molecular weight excluding hydrogens is 292 g/mol. The van der Waals surface area contributed by atoms with E-state index in [1.807, 2.05) is 0 Å². The number of phenolic OH excluding ortho intramolecular Hbond substituents is 1. The Hall–Kier alpha value is -1.40. The monoisotopic (exact) mass is 309 g/mol. The van der Waals surface area contributed by atoms with Crippen LogP contribution in [0, 0.1) is 13.8 Å². The highest BCUT2D eigenvalue weighted by Crippen LogP contribution is 2.34. The van der Waals surface area contributed by atoms with E-state index >= 15 is 0 Å². The van der Waals surface area contributed by atoms with Gasteiger partial charge in [-0.1, -0.05) is 12.1 Å². The summed E-state index contributed by atoms with van der Waals surface area (Å²) in [5, 5.41) is 9.59. The maximum absolute atomic E-state index is 13.8. The Morgan fingerprint density at radius 2 is 1.85 bits per heavy atom. The van der Waals surface area contributed by atoms with Crippen molar-refractivity contribution >= 4 is 18.4 Å². The summed E-state index contributed by atoms with van der Waals surface area (Å²) in [5.74, 6) is -5.44. The van der Waals surface area contributed by atoms with Crippen molar-refractivity contribution in [2.24, 2.45) is 5.73 Å². The van der Waals surface area contributed by atoms with Crippen molar-refractivity contribution in [2.45, 2.75) is 32.7 Å². The zero-order valence-corrected chi connectivity index (χ0v) is 12.3. The minimum Gasteiger partial charge on any atom is -0.507 e. The van der Waals surface area contributed by atoms with E-state index < -0.39 is 17.9 Å². The third kappa shape index (κ3) is 3.58. The number of phenols is 1. The van der Waals surface area contributed by atoms with Crippen LogP contribution in [0.3, 0.4) is 0 Å². The number of aromatic hydroxyl groups is 1. The number of rotatable bonds is 4. The summed E-state index contributed by atoms with van der Waals surface area (Å²) in [6.45, 7) is 4.44. The van der Waals surface area contributed by atoms with Crippen molar-refractivity contribution in [3.8, 4) is 5.75 Å². The predicted molar refractivity (Wildman–Crippen MR) is 73.3 cm³/mol. The van der Waals surface area contributed by atoms with Crippen LogP contribution < -0.4 is 5.73 Å². The summed E-state index contributed by atoms with van der Waals surface area (Å²) < 4.78 is 31.9. The van der Waals surface area contributed by atoms with E-state index in [0.717, 1.165) is 0 Å². The van der Waals surface area contributed by atoms with Crippen molar-refractivity contribution in [3.63, 3.8) is 0 Å². The van der Waals surface area contributed by atoms with E-state index in [2.05, 4.69) is 4.74 Å². The molecule has 0 aliphatic carbocycles. The number of hydrogen-bond acceptors (Lipinski definition) is 4. The molecule has 0 bridgehead atoms. The van der Waals surface area contributed by atoms with Crippen LogP contribution in [0.15, 0.2) is 12.1 Å². The van der Waals surface area contributed by atoms with Crippen LogP contribution in [0.1, 0.15) is 29.7 Å². The van der Waals surface area contributed by atoms with Gasteiger partial charge in [-0.15, -0.1) is 12.4 Å². The smallest absolute Gasteiger partial charge is 0.379 e. The van der Waals surface area contributed by atoms with Crippen LogP contribution in [0.5, 0.6) is 5.75 Å². The van der Waals surface area contributed by atoms with Gasteiger partial charge in [0.25, 0.3) is 0 Å². The molecule has 0 unspecified atom stereocenters. The van der Waals surface area contributed by atoms with Gasteiger partial charge in [0.1, 0.15) is 11.8 Å². The molecule has 0 aliphatic rings. The van der Waals surface area contributed by atoms with Crippen molar-refractivity contribution in [1.82, 2.24) is 0 Å². The fourth-order valence-electron chi connectivity index (χ4n) is 1.73. The van der Waals surface area contributed by atoms with Crippen molar-refractivity contribution < 1.29 is 23.4 Å². The van der Waals surface area contributed by atoms with Gasteiger partial charge in [0.15, 0.2) is 0 Å². The van der Waals surface area contributed by atoms with Crippen LogP contribution in [0.4, 0.5) is 8.78 Å². The Morgan fingerprint density at radius 1 is 1.40 bits per heavy atom. The highest BCUT2D eigenvalue weighted by atomic mass is 35.5. The molecule has 0 aromatic heterocycles. The lowest BCUT2D eigenvalue weighted by Gasteiger charge is -2.22. The van der Waals surface area contributed by atoms with Gasteiger partial charge >= 0.3 is 11.9 Å². The molecule has 0 saturated carbocycles. The number of esters is 1. The minimum absolute atomic E-state index is 0. The molecule has 1 aromatic carbocycles. The number of nitrogens with two attached hydrogens (primary N) is 1. The van der Waals surface area contributed by atoms with Crippen LogP contribution in [0.25, 0.3) is 0 Å². The van der Waals surface area contributed by atoms with Gasteiger partial charge in [0, 0.05) is 0 Å². The molecule has 1 rings (SSSR count). The minimum atomic E-state index is -3.81. The van der Waals surface area contributed by atoms with E-state index in [1.165, 1.54) is 19.1 Å². The first-order valence-electron chi connectivity index (χ1n) is 5.82. The number of aryl methyl sites for hydroxylation is 2. The molecule has 4 nitrogen and oxygen atoms in total. The summed E-state index contributed by atoms with van der Waals surface area (Å²) in [6, 6.07) is 0.852. The lowest BCUT2D eigenvalue weighted by molar-refractivity contribution is -0.174. The molecule has 20 heavy (non-hydrogen) atoms. The number of benzene rings is 1. The normalized spacial score (nSPS) is 12.5. The molecule has 3 N–H and O–H groups in total. The average Bonchev–Trinajstić information content (AvgIpc) is 2.34. The molecule has 0 aliphatic heterocycles. The second-order valence-corrected chi connectivity index (χ2v) is 4.32. The molecule has 1 atom stereocenters. The maximum atomic E-state index is 13.8. The zero-order chi connectivity index (χ0) is 14.8. The van der Waals surface area contributed by atoms with Gasteiger partial charge in [0.05, 0.1) is 6.61 Å². The van der Waals surface area contributed by atoms with Gasteiger partial charge in [0.2, 0.25) is 0 Å². The summed E-state index contributed by atoms with van der Waals surface area (Å²) in [7, 11) is 0. The Balaban J connectivity index is 0.00000361. The number of ether oxygens (including phenoxy) is 1. The third-order valence-electron chi connectivity index (χ3n) is 2.81. The molecule has 0 fully saturated rings. The van der Waals surface area contributed by atoms with E-state index in [0.29, 0.717) is 11.1 Å². The molecular formula is C13H18ClF2NO3. The van der Waals surface area contributed by atoms with Gasteiger partial charge < -0.3 is 15.6 Å². The molecule has 0 amide bonds. The summed E-state index contributed by atoms with van der Waals surface area (Å²) in [6.07, 6.45) is 0. The molecule has 7 heteroatoms. The standard InChI is InChI=1S/C13H17F2NO3.ClH/c1-4-19-12(18)13(14,15)11(16)9-5-7(2)10(17)8(3)6-9;/h5-6,11,17H,4,16H2,1-3H3;1H/t11-;/m0./s1. The van der Waals surface area contributed by atoms with Gasteiger partial charge in [-0.3, -0.25) is 0 Å². The van der Waals surface area contributed by atoms with Gasteiger partial charge in [-0.05, 0) is 37.5 Å². The van der Waals surface area contributed by atoms with Crippen molar-refractivity contribution in [1.29, 1.82) is 0 Å². The zero-order valence-electron chi connectivity index (χ0n) is 11.4. The summed E-state index contributed by atoms with van der Waals surface area (Å²) in [4.78, 5) is 11.2. The fourth-order valence-corrected chi connectivity index (χ4v) is 1.73. The average molecular weight is 310 g/mol. The van der Waals surface area contributed by atoms with E-state index in [9.17, 15) is 18.7 Å². The molecule has 0 saturated heterocycles. The Bertz CT molecular complexity index is 471. The SMILES string of the molecule is CCOC(=O)C(F)(F)[C@@H](N)c1cc(C)c(O)c(C)c1.Cl. The highest BCUT2D eigenvalue weighted by molar-refractivity contribution is 5.85. The van der Waals surface area contributed by atoms with Gasteiger partial charge in [-0.2, -0.15) is 8.78 Å². The molecule has 1 aromatic rings. The maximum Gasteiger partial charge on any atom is 0.379 e. The number of halogens is 3. The Morgan fingerprint density at radius 3 is 2.25 bits per heavy atom. The third-order valence-corrected chi connectivity index (χ3v) is 2.81. The van der Waals surface area contributed by atoms with E-state index in [1.54, 1.807) is 13.8 Å². The van der Waals surface area contributed by atoms with Crippen molar-refractivity contribution in [2.75, 3.05) is 6.61 Å². The largest absolute Gasteiger partial charge is 0.507 e. The summed E-state index contributed by atoms with van der Waals surface area (Å²) >= 11 is 0. The molecule has 0 radical (unpaired) electrons.